The highest BCUT2D eigenvalue weighted by Crippen LogP contribution is 2.35. The fourth-order valence-electron chi connectivity index (χ4n) is 3.92. The van der Waals surface area contributed by atoms with Crippen molar-refractivity contribution < 1.29 is 23.5 Å². The number of hydrogen-bond donors (Lipinski definition) is 2. The predicted octanol–water partition coefficient (Wildman–Crippen LogP) is 6.97. The Kier molecular flexibility index (Phi) is 9.43. The summed E-state index contributed by atoms with van der Waals surface area (Å²) in [6.07, 6.45) is 4.29. The number of nitrogens with zero attached hydrogens (tertiary/aromatic N) is 2. The number of nitrogens with one attached hydrogen (secondary N) is 2. The second-order valence-corrected chi connectivity index (χ2v) is 10.3. The van der Waals surface area contributed by atoms with Crippen LogP contribution in [0.15, 0.2) is 53.5 Å². The third kappa shape index (κ3) is 7.73. The highest BCUT2D eigenvalue weighted by molar-refractivity contribution is 7.07. The molecule has 0 bridgehead atoms. The molecule has 204 valence electrons. The monoisotopic (exact) mass is 550 g/mol. The Morgan fingerprint density at radius 3 is 2.56 bits per heavy atom. The van der Waals surface area contributed by atoms with E-state index in [1.54, 1.807) is 29.5 Å². The van der Waals surface area contributed by atoms with Gasteiger partial charge in [-0.15, -0.1) is 0 Å². The number of carbonyl (C=O) groups is 2. The highest BCUT2D eigenvalue weighted by Gasteiger charge is 2.16. The molecule has 8 nitrogen and oxygen atoms in total. The van der Waals surface area contributed by atoms with E-state index in [0.29, 0.717) is 53.2 Å². The fourth-order valence-corrected chi connectivity index (χ4v) is 4.62. The highest BCUT2D eigenvalue weighted by atomic mass is 32.1. The zero-order chi connectivity index (χ0) is 27.8. The maximum Gasteiger partial charge on any atom is 0.230 e. The number of aryl methyl sites for hydroxylation is 1. The van der Waals surface area contributed by atoms with E-state index in [4.69, 9.17) is 9.47 Å². The van der Waals surface area contributed by atoms with Crippen LogP contribution in [0, 0.1) is 11.7 Å². The van der Waals surface area contributed by atoms with Gasteiger partial charge in [0.25, 0.3) is 0 Å². The Balaban J connectivity index is 1.46. The maximum atomic E-state index is 14.9. The van der Waals surface area contributed by atoms with Crippen LogP contribution in [0.1, 0.15) is 45.1 Å². The van der Waals surface area contributed by atoms with Gasteiger partial charge in [-0.1, -0.05) is 13.8 Å². The number of amides is 2. The topological polar surface area (TPSA) is 102 Å². The number of fused-ring (bicyclic) bond motifs is 1. The van der Waals surface area contributed by atoms with Gasteiger partial charge in [0.05, 0.1) is 23.7 Å². The second-order valence-electron chi connectivity index (χ2n) is 9.51. The van der Waals surface area contributed by atoms with Gasteiger partial charge in [-0.2, -0.15) is 11.3 Å². The summed E-state index contributed by atoms with van der Waals surface area (Å²) < 4.78 is 26.2. The Hall–Kier alpha value is -4.05. The third-order valence-electron chi connectivity index (χ3n) is 6.01. The summed E-state index contributed by atoms with van der Waals surface area (Å²) in [5.41, 5.74) is 2.49. The lowest BCUT2D eigenvalue weighted by Crippen LogP contribution is -2.13. The number of aromatic nitrogens is 2. The number of halogens is 1. The molecule has 2 heterocycles. The van der Waals surface area contributed by atoms with Crippen molar-refractivity contribution in [3.8, 4) is 17.4 Å². The molecule has 2 N–H and O–H groups in total. The molecule has 39 heavy (non-hydrogen) atoms. The van der Waals surface area contributed by atoms with Crippen LogP contribution in [0.4, 0.5) is 15.8 Å². The molecule has 0 saturated carbocycles. The molecule has 0 fully saturated rings. The molecule has 0 saturated heterocycles. The van der Waals surface area contributed by atoms with Gasteiger partial charge in [0.2, 0.25) is 17.7 Å². The van der Waals surface area contributed by atoms with Crippen molar-refractivity contribution in [2.45, 2.75) is 46.0 Å². The summed E-state index contributed by atoms with van der Waals surface area (Å²) in [5, 5.41) is 10.1. The SMILES string of the molecule is COc1cc2ncnc(Oc3ccc(NC(=O)CCCc4ccsc4)cc3F)c2cc1NC(=O)CCC(C)C. The van der Waals surface area contributed by atoms with Crippen LogP contribution in [0.3, 0.4) is 0 Å². The van der Waals surface area contributed by atoms with Crippen molar-refractivity contribution in [3.05, 3.63) is 64.9 Å². The van der Waals surface area contributed by atoms with Crippen LogP contribution in [0.25, 0.3) is 10.9 Å². The van der Waals surface area contributed by atoms with E-state index in [2.05, 4.69) is 39.8 Å². The summed E-state index contributed by atoms with van der Waals surface area (Å²) in [7, 11) is 1.50. The first-order valence-electron chi connectivity index (χ1n) is 12.7. The van der Waals surface area contributed by atoms with Crippen LogP contribution in [-0.4, -0.2) is 28.9 Å². The normalized spacial score (nSPS) is 11.0. The molecule has 0 radical (unpaired) electrons. The van der Waals surface area contributed by atoms with Gasteiger partial charge in [-0.05, 0) is 65.8 Å². The van der Waals surface area contributed by atoms with Crippen molar-refractivity contribution in [1.82, 2.24) is 9.97 Å². The van der Waals surface area contributed by atoms with Crippen LogP contribution in [0.5, 0.6) is 17.4 Å². The number of benzene rings is 2. The minimum Gasteiger partial charge on any atom is -0.494 e. The van der Waals surface area contributed by atoms with Crippen molar-refractivity contribution in [1.29, 1.82) is 0 Å². The van der Waals surface area contributed by atoms with Crippen LogP contribution >= 0.6 is 11.3 Å². The molecule has 0 aliphatic carbocycles. The molecular weight excluding hydrogens is 519 g/mol. The first kappa shape index (κ1) is 28.0. The summed E-state index contributed by atoms with van der Waals surface area (Å²) >= 11 is 1.63. The lowest BCUT2D eigenvalue weighted by Gasteiger charge is -2.14. The summed E-state index contributed by atoms with van der Waals surface area (Å²) in [6, 6.07) is 9.57. The molecule has 0 aliphatic heterocycles. The fraction of sp³-hybridized carbons (Fsp3) is 0.310. The zero-order valence-corrected chi connectivity index (χ0v) is 22.9. The Morgan fingerprint density at radius 2 is 1.85 bits per heavy atom. The van der Waals surface area contributed by atoms with Crippen LogP contribution < -0.4 is 20.1 Å². The molecule has 0 unspecified atom stereocenters. The standard InChI is InChI=1S/C29H31FN4O4S/c1-18(2)7-10-28(36)34-24-14-21-23(15-26(24)37-3)31-17-32-29(21)38-25-9-8-20(13-22(25)30)33-27(35)6-4-5-19-11-12-39-16-19/h8-9,11-18H,4-7,10H2,1-3H3,(H,33,35)(H,34,36). The van der Waals surface area contributed by atoms with Crippen LogP contribution in [0.2, 0.25) is 0 Å². The first-order valence-corrected chi connectivity index (χ1v) is 13.7. The molecule has 2 aromatic heterocycles. The Morgan fingerprint density at radius 1 is 1.03 bits per heavy atom. The smallest absolute Gasteiger partial charge is 0.230 e. The number of thiophene rings is 1. The third-order valence-corrected chi connectivity index (χ3v) is 6.75. The minimum atomic E-state index is -0.659. The molecule has 2 amide bonds. The Bertz CT molecular complexity index is 1440. The molecule has 0 atom stereocenters. The van der Waals surface area contributed by atoms with Gasteiger partial charge in [0.15, 0.2) is 11.6 Å². The number of hydrogen-bond acceptors (Lipinski definition) is 7. The van der Waals surface area contributed by atoms with Crippen LogP contribution in [-0.2, 0) is 16.0 Å². The number of rotatable bonds is 12. The average Bonchev–Trinajstić information content (AvgIpc) is 3.42. The average molecular weight is 551 g/mol. The second kappa shape index (κ2) is 13.1. The van der Waals surface area contributed by atoms with Crippen molar-refractivity contribution in [2.75, 3.05) is 17.7 Å². The summed E-state index contributed by atoms with van der Waals surface area (Å²) in [4.78, 5) is 33.2. The molecule has 0 aliphatic rings. The largest absolute Gasteiger partial charge is 0.494 e. The molecular formula is C29H31FN4O4S. The van der Waals surface area contributed by atoms with E-state index in [1.807, 2.05) is 11.4 Å². The number of carbonyl (C=O) groups excluding carboxylic acids is 2. The lowest BCUT2D eigenvalue weighted by molar-refractivity contribution is -0.117. The molecule has 4 aromatic rings. The summed E-state index contributed by atoms with van der Waals surface area (Å²) in [6.45, 7) is 4.11. The van der Waals surface area contributed by atoms with E-state index in [0.717, 1.165) is 12.8 Å². The summed E-state index contributed by atoms with van der Waals surface area (Å²) in [5.74, 6) is -0.102. The lowest BCUT2D eigenvalue weighted by atomic mass is 10.1. The molecule has 10 heteroatoms. The van der Waals surface area contributed by atoms with E-state index in [-0.39, 0.29) is 23.4 Å². The minimum absolute atomic E-state index is 0.0659. The zero-order valence-electron chi connectivity index (χ0n) is 22.1. The number of ether oxygens (including phenoxy) is 2. The molecule has 4 rings (SSSR count). The van der Waals surface area contributed by atoms with Gasteiger partial charge >= 0.3 is 0 Å². The van der Waals surface area contributed by atoms with Crippen molar-refractivity contribution >= 4 is 45.4 Å². The quantitative estimate of drug-likeness (QED) is 0.198. The van der Waals surface area contributed by atoms with Gasteiger partial charge in [0.1, 0.15) is 12.1 Å². The molecule has 0 spiro atoms. The van der Waals surface area contributed by atoms with Gasteiger partial charge in [-0.3, -0.25) is 9.59 Å². The molecule has 2 aromatic carbocycles. The van der Waals surface area contributed by atoms with E-state index in [9.17, 15) is 14.0 Å². The van der Waals surface area contributed by atoms with Gasteiger partial charge in [0, 0.05) is 30.7 Å². The predicted molar refractivity (Wildman–Crippen MR) is 151 cm³/mol. The van der Waals surface area contributed by atoms with Gasteiger partial charge in [-0.25, -0.2) is 14.4 Å². The van der Waals surface area contributed by atoms with E-state index in [1.165, 1.54) is 31.1 Å². The maximum absolute atomic E-state index is 14.9. The number of methoxy groups -OCH3 is 1. The van der Waals surface area contributed by atoms with Gasteiger partial charge < -0.3 is 20.1 Å². The van der Waals surface area contributed by atoms with Crippen molar-refractivity contribution in [2.24, 2.45) is 5.92 Å². The Labute approximate surface area is 230 Å². The van der Waals surface area contributed by atoms with E-state index < -0.39 is 5.82 Å². The van der Waals surface area contributed by atoms with Crippen molar-refractivity contribution in [3.63, 3.8) is 0 Å². The van der Waals surface area contributed by atoms with E-state index >= 15 is 0 Å². The number of anilines is 2. The first-order chi connectivity index (χ1) is 18.8.